The molecule has 5 nitrogen and oxygen atoms in total. The van der Waals surface area contributed by atoms with Gasteiger partial charge in [0, 0.05) is 25.7 Å². The first kappa shape index (κ1) is 15.4. The molecule has 2 unspecified atom stereocenters. The SMILES string of the molecule is CC(N)c1ccc(S(=O)(=O)N2CCC(CCO)C2)cc1. The summed E-state index contributed by atoms with van der Waals surface area (Å²) in [4.78, 5) is 0.312. The van der Waals surface area contributed by atoms with E-state index in [0.29, 0.717) is 24.4 Å². The molecule has 0 amide bonds. The minimum absolute atomic E-state index is 0.104. The van der Waals surface area contributed by atoms with Crippen molar-refractivity contribution in [1.29, 1.82) is 0 Å². The number of aliphatic hydroxyl groups is 1. The number of nitrogens with zero attached hydrogens (tertiary/aromatic N) is 1. The van der Waals surface area contributed by atoms with E-state index < -0.39 is 10.0 Å². The largest absolute Gasteiger partial charge is 0.396 e. The Hall–Kier alpha value is -0.950. The van der Waals surface area contributed by atoms with Crippen LogP contribution in [-0.2, 0) is 10.0 Å². The normalized spacial score (nSPS) is 22.1. The summed E-state index contributed by atoms with van der Waals surface area (Å²) in [5.41, 5.74) is 6.68. The van der Waals surface area contributed by atoms with E-state index in [1.807, 2.05) is 6.92 Å². The molecule has 0 radical (unpaired) electrons. The second-order valence-corrected chi connectivity index (χ2v) is 7.33. The van der Waals surface area contributed by atoms with E-state index in [1.165, 1.54) is 4.31 Å². The molecule has 1 aromatic carbocycles. The summed E-state index contributed by atoms with van der Waals surface area (Å²) >= 11 is 0. The van der Waals surface area contributed by atoms with E-state index in [-0.39, 0.29) is 18.6 Å². The van der Waals surface area contributed by atoms with Crippen LogP contribution in [-0.4, -0.2) is 37.5 Å². The third-order valence-corrected chi connectivity index (χ3v) is 5.71. The number of nitrogens with two attached hydrogens (primary N) is 1. The second kappa shape index (κ2) is 6.22. The predicted octanol–water partition coefficient (Wildman–Crippen LogP) is 1.10. The molecule has 1 aliphatic rings. The third kappa shape index (κ3) is 3.20. The van der Waals surface area contributed by atoms with Gasteiger partial charge in [0.2, 0.25) is 10.0 Å². The monoisotopic (exact) mass is 298 g/mol. The van der Waals surface area contributed by atoms with Gasteiger partial charge in [0.25, 0.3) is 0 Å². The summed E-state index contributed by atoms with van der Waals surface area (Å²) in [6, 6.07) is 6.66. The van der Waals surface area contributed by atoms with Gasteiger partial charge in [0.1, 0.15) is 0 Å². The van der Waals surface area contributed by atoms with Crippen LogP contribution in [0, 0.1) is 5.92 Å². The van der Waals surface area contributed by atoms with Gasteiger partial charge in [0.15, 0.2) is 0 Å². The van der Waals surface area contributed by atoms with E-state index in [4.69, 9.17) is 10.8 Å². The van der Waals surface area contributed by atoms with Gasteiger partial charge in [-0.15, -0.1) is 0 Å². The fourth-order valence-electron chi connectivity index (χ4n) is 2.53. The van der Waals surface area contributed by atoms with Crippen molar-refractivity contribution < 1.29 is 13.5 Å². The third-order valence-electron chi connectivity index (χ3n) is 3.83. The van der Waals surface area contributed by atoms with Gasteiger partial charge in [-0.25, -0.2) is 8.42 Å². The van der Waals surface area contributed by atoms with Crippen LogP contribution in [0.5, 0.6) is 0 Å². The zero-order valence-corrected chi connectivity index (χ0v) is 12.5. The van der Waals surface area contributed by atoms with Crippen LogP contribution >= 0.6 is 0 Å². The van der Waals surface area contributed by atoms with Crippen LogP contribution in [0.2, 0.25) is 0 Å². The van der Waals surface area contributed by atoms with Gasteiger partial charge < -0.3 is 10.8 Å². The fourth-order valence-corrected chi connectivity index (χ4v) is 4.06. The van der Waals surface area contributed by atoms with Gasteiger partial charge in [-0.3, -0.25) is 0 Å². The zero-order valence-electron chi connectivity index (χ0n) is 11.7. The average molecular weight is 298 g/mol. The molecular weight excluding hydrogens is 276 g/mol. The highest BCUT2D eigenvalue weighted by Crippen LogP contribution is 2.26. The Morgan fingerprint density at radius 2 is 2.05 bits per heavy atom. The minimum atomic E-state index is -3.42. The van der Waals surface area contributed by atoms with Crippen LogP contribution in [0.1, 0.15) is 31.4 Å². The first-order valence-electron chi connectivity index (χ1n) is 6.91. The summed E-state index contributed by atoms with van der Waals surface area (Å²) in [5, 5.41) is 8.94. The molecule has 0 aromatic heterocycles. The summed E-state index contributed by atoms with van der Waals surface area (Å²) in [7, 11) is -3.42. The van der Waals surface area contributed by atoms with Crippen molar-refractivity contribution in [3.05, 3.63) is 29.8 Å². The molecule has 1 fully saturated rings. The number of sulfonamides is 1. The molecule has 0 aliphatic carbocycles. The molecule has 1 aromatic rings. The Balaban J connectivity index is 2.14. The summed E-state index contributed by atoms with van der Waals surface area (Å²) in [5.74, 6) is 0.262. The van der Waals surface area contributed by atoms with Crippen molar-refractivity contribution in [2.45, 2.75) is 30.7 Å². The Kier molecular flexibility index (Phi) is 4.80. The van der Waals surface area contributed by atoms with E-state index >= 15 is 0 Å². The molecule has 3 N–H and O–H groups in total. The van der Waals surface area contributed by atoms with Gasteiger partial charge in [-0.2, -0.15) is 4.31 Å². The van der Waals surface area contributed by atoms with E-state index in [1.54, 1.807) is 24.3 Å². The zero-order chi connectivity index (χ0) is 14.8. The van der Waals surface area contributed by atoms with Crippen LogP contribution in [0.3, 0.4) is 0 Å². The van der Waals surface area contributed by atoms with E-state index in [9.17, 15) is 8.42 Å². The van der Waals surface area contributed by atoms with Crippen molar-refractivity contribution in [2.24, 2.45) is 11.7 Å². The molecule has 0 spiro atoms. The lowest BCUT2D eigenvalue weighted by Crippen LogP contribution is -2.29. The average Bonchev–Trinajstić information content (AvgIpc) is 2.88. The summed E-state index contributed by atoms with van der Waals surface area (Å²) in [6.07, 6.45) is 1.48. The molecule has 1 heterocycles. The number of rotatable bonds is 5. The Bertz CT molecular complexity index is 540. The number of hydrogen-bond acceptors (Lipinski definition) is 4. The molecule has 1 aliphatic heterocycles. The smallest absolute Gasteiger partial charge is 0.243 e. The van der Waals surface area contributed by atoms with Crippen molar-refractivity contribution in [1.82, 2.24) is 4.31 Å². The molecule has 20 heavy (non-hydrogen) atoms. The molecule has 2 rings (SSSR count). The van der Waals surface area contributed by atoms with Crippen molar-refractivity contribution >= 4 is 10.0 Å². The van der Waals surface area contributed by atoms with Gasteiger partial charge in [-0.05, 0) is 43.4 Å². The molecule has 1 saturated heterocycles. The maximum atomic E-state index is 12.5. The van der Waals surface area contributed by atoms with Crippen LogP contribution < -0.4 is 5.73 Å². The number of hydrogen-bond donors (Lipinski definition) is 2. The quantitative estimate of drug-likeness (QED) is 0.852. The maximum absolute atomic E-state index is 12.5. The molecule has 2 atom stereocenters. The first-order valence-corrected chi connectivity index (χ1v) is 8.35. The summed E-state index contributed by atoms with van der Waals surface area (Å²) < 4.78 is 26.5. The van der Waals surface area contributed by atoms with Gasteiger partial charge in [0.05, 0.1) is 4.90 Å². The molecule has 0 saturated carbocycles. The molecule has 6 heteroatoms. The van der Waals surface area contributed by atoms with Crippen molar-refractivity contribution in [3.8, 4) is 0 Å². The summed E-state index contributed by atoms with van der Waals surface area (Å²) in [6.45, 7) is 3.01. The Labute approximate surface area is 120 Å². The van der Waals surface area contributed by atoms with Crippen molar-refractivity contribution in [2.75, 3.05) is 19.7 Å². The van der Waals surface area contributed by atoms with Crippen molar-refractivity contribution in [3.63, 3.8) is 0 Å². The molecule has 0 bridgehead atoms. The highest BCUT2D eigenvalue weighted by Gasteiger charge is 2.32. The Morgan fingerprint density at radius 1 is 1.40 bits per heavy atom. The van der Waals surface area contributed by atoms with Crippen LogP contribution in [0.4, 0.5) is 0 Å². The predicted molar refractivity (Wildman–Crippen MR) is 77.6 cm³/mol. The highest BCUT2D eigenvalue weighted by atomic mass is 32.2. The maximum Gasteiger partial charge on any atom is 0.243 e. The first-order chi connectivity index (χ1) is 9.45. The highest BCUT2D eigenvalue weighted by molar-refractivity contribution is 7.89. The Morgan fingerprint density at radius 3 is 2.60 bits per heavy atom. The molecular formula is C14H22N2O3S. The lowest BCUT2D eigenvalue weighted by molar-refractivity contribution is 0.259. The van der Waals surface area contributed by atoms with Gasteiger partial charge in [-0.1, -0.05) is 12.1 Å². The number of benzene rings is 1. The standard InChI is InChI=1S/C14H22N2O3S/c1-11(15)13-2-4-14(5-3-13)20(18,19)16-8-6-12(10-16)7-9-17/h2-5,11-12,17H,6-10,15H2,1H3. The second-order valence-electron chi connectivity index (χ2n) is 5.39. The topological polar surface area (TPSA) is 83.6 Å². The minimum Gasteiger partial charge on any atom is -0.396 e. The van der Waals surface area contributed by atoms with Gasteiger partial charge >= 0.3 is 0 Å². The fraction of sp³-hybridized carbons (Fsp3) is 0.571. The van der Waals surface area contributed by atoms with E-state index in [2.05, 4.69) is 0 Å². The number of aliphatic hydroxyl groups excluding tert-OH is 1. The van der Waals surface area contributed by atoms with Crippen LogP contribution in [0.15, 0.2) is 29.2 Å². The van der Waals surface area contributed by atoms with Crippen LogP contribution in [0.25, 0.3) is 0 Å². The lowest BCUT2D eigenvalue weighted by atomic mass is 10.1. The molecule has 112 valence electrons. The van der Waals surface area contributed by atoms with E-state index in [0.717, 1.165) is 12.0 Å². The lowest BCUT2D eigenvalue weighted by Gasteiger charge is -2.17.